The molecule has 4 heteroatoms. The number of esters is 1. The molecule has 1 aromatic carbocycles. The van der Waals surface area contributed by atoms with Crippen LogP contribution in [-0.4, -0.2) is 19.6 Å². The van der Waals surface area contributed by atoms with Gasteiger partial charge in [0.2, 0.25) is 0 Å². The van der Waals surface area contributed by atoms with Crippen molar-refractivity contribution in [3.05, 3.63) is 34.9 Å². The molecule has 3 nitrogen and oxygen atoms in total. The number of fused-ring (bicyclic) bond motifs is 1. The highest BCUT2D eigenvalue weighted by atomic mass is 35.5. The van der Waals surface area contributed by atoms with Gasteiger partial charge in [-0.15, -0.1) is 12.4 Å². The van der Waals surface area contributed by atoms with Crippen LogP contribution in [0.1, 0.15) is 27.9 Å². The molecule has 0 radical (unpaired) electrons. The van der Waals surface area contributed by atoms with E-state index in [2.05, 4.69) is 5.32 Å². The zero-order chi connectivity index (χ0) is 10.7. The third-order valence-electron chi connectivity index (χ3n) is 2.74. The summed E-state index contributed by atoms with van der Waals surface area (Å²) >= 11 is 0. The molecule has 2 rings (SSSR count). The lowest BCUT2D eigenvalue weighted by Crippen LogP contribution is -2.12. The van der Waals surface area contributed by atoms with E-state index in [-0.39, 0.29) is 18.4 Å². The van der Waals surface area contributed by atoms with Crippen LogP contribution in [0.2, 0.25) is 0 Å². The molecule has 0 unspecified atom stereocenters. The molecule has 88 valence electrons. The number of rotatable bonds is 1. The number of methoxy groups -OCH3 is 1. The molecule has 1 aliphatic rings. The molecule has 1 aliphatic heterocycles. The van der Waals surface area contributed by atoms with E-state index in [9.17, 15) is 4.79 Å². The molecule has 0 aliphatic carbocycles. The number of halogens is 1. The average Bonchev–Trinajstić information content (AvgIpc) is 2.51. The Labute approximate surface area is 102 Å². The van der Waals surface area contributed by atoms with Gasteiger partial charge in [0, 0.05) is 6.54 Å². The molecule has 1 heterocycles. The second kappa shape index (κ2) is 5.87. The number of nitrogens with one attached hydrogen (secondary N) is 1. The van der Waals surface area contributed by atoms with Gasteiger partial charge in [0.1, 0.15) is 0 Å². The van der Waals surface area contributed by atoms with Crippen LogP contribution in [0.5, 0.6) is 0 Å². The van der Waals surface area contributed by atoms with E-state index in [1.807, 2.05) is 18.2 Å². The van der Waals surface area contributed by atoms with Crippen LogP contribution in [-0.2, 0) is 17.7 Å². The number of ether oxygens (including phenoxy) is 1. The van der Waals surface area contributed by atoms with Crippen LogP contribution in [0.4, 0.5) is 0 Å². The summed E-state index contributed by atoms with van der Waals surface area (Å²) in [6.45, 7) is 1.89. The van der Waals surface area contributed by atoms with Crippen LogP contribution < -0.4 is 5.32 Å². The summed E-state index contributed by atoms with van der Waals surface area (Å²) in [5, 5.41) is 3.34. The summed E-state index contributed by atoms with van der Waals surface area (Å²) < 4.78 is 4.70. The number of hydrogen-bond donors (Lipinski definition) is 1. The van der Waals surface area contributed by atoms with Crippen molar-refractivity contribution in [2.24, 2.45) is 0 Å². The molecular formula is C12H16ClNO2. The van der Waals surface area contributed by atoms with Gasteiger partial charge in [-0.3, -0.25) is 0 Å². The number of aryl methyl sites for hydroxylation is 1. The largest absolute Gasteiger partial charge is 0.465 e. The van der Waals surface area contributed by atoms with E-state index in [0.29, 0.717) is 5.56 Å². The second-order valence-corrected chi connectivity index (χ2v) is 3.76. The molecule has 0 amide bonds. The van der Waals surface area contributed by atoms with Gasteiger partial charge in [0.15, 0.2) is 0 Å². The first kappa shape index (κ1) is 13.0. The Bertz CT molecular complexity index is 379. The van der Waals surface area contributed by atoms with E-state index >= 15 is 0 Å². The maximum Gasteiger partial charge on any atom is 0.337 e. The van der Waals surface area contributed by atoms with Gasteiger partial charge < -0.3 is 10.1 Å². The Balaban J connectivity index is 0.00000128. The Morgan fingerprint density at radius 3 is 2.94 bits per heavy atom. The summed E-state index contributed by atoms with van der Waals surface area (Å²) in [7, 11) is 1.41. The Kier molecular flexibility index (Phi) is 4.77. The van der Waals surface area contributed by atoms with Crippen molar-refractivity contribution in [2.75, 3.05) is 13.7 Å². The van der Waals surface area contributed by atoms with E-state index < -0.39 is 0 Å². The number of benzene rings is 1. The van der Waals surface area contributed by atoms with Crippen LogP contribution >= 0.6 is 12.4 Å². The van der Waals surface area contributed by atoms with Gasteiger partial charge in [-0.05, 0) is 42.6 Å². The van der Waals surface area contributed by atoms with Crippen molar-refractivity contribution in [1.29, 1.82) is 0 Å². The standard InChI is InChI=1S/C12H15NO2.ClH/c1-15-12(14)10-5-4-9-3-2-6-13-8-11(9)7-10;/h4-5,7,13H,2-3,6,8H2,1H3;1H. The SMILES string of the molecule is COC(=O)c1ccc2c(c1)CNCCC2.Cl. The first-order chi connectivity index (χ1) is 7.31. The summed E-state index contributed by atoms with van der Waals surface area (Å²) in [5.74, 6) is -0.262. The van der Waals surface area contributed by atoms with E-state index in [1.54, 1.807) is 0 Å². The predicted molar refractivity (Wildman–Crippen MR) is 65.1 cm³/mol. The Morgan fingerprint density at radius 2 is 2.19 bits per heavy atom. The van der Waals surface area contributed by atoms with Crippen molar-refractivity contribution in [3.8, 4) is 0 Å². The molecule has 0 aromatic heterocycles. The highest BCUT2D eigenvalue weighted by molar-refractivity contribution is 5.89. The lowest BCUT2D eigenvalue weighted by Gasteiger charge is -2.07. The number of hydrogen-bond acceptors (Lipinski definition) is 3. The van der Waals surface area contributed by atoms with Crippen LogP contribution in [0, 0.1) is 0 Å². The third-order valence-corrected chi connectivity index (χ3v) is 2.74. The van der Waals surface area contributed by atoms with Crippen molar-refractivity contribution in [2.45, 2.75) is 19.4 Å². The lowest BCUT2D eigenvalue weighted by molar-refractivity contribution is 0.0600. The summed E-state index contributed by atoms with van der Waals surface area (Å²) in [5.41, 5.74) is 3.20. The predicted octanol–water partition coefficient (Wildman–Crippen LogP) is 1.93. The summed E-state index contributed by atoms with van der Waals surface area (Å²) in [6.07, 6.45) is 2.24. The first-order valence-corrected chi connectivity index (χ1v) is 5.22. The van der Waals surface area contributed by atoms with Crippen molar-refractivity contribution >= 4 is 18.4 Å². The normalized spacial score (nSPS) is 14.3. The summed E-state index contributed by atoms with van der Waals surface area (Å²) in [6, 6.07) is 5.81. The van der Waals surface area contributed by atoms with E-state index in [4.69, 9.17) is 4.74 Å². The molecule has 0 atom stereocenters. The van der Waals surface area contributed by atoms with Gasteiger partial charge in [0.25, 0.3) is 0 Å². The molecule has 16 heavy (non-hydrogen) atoms. The van der Waals surface area contributed by atoms with Gasteiger partial charge in [0.05, 0.1) is 12.7 Å². The minimum Gasteiger partial charge on any atom is -0.465 e. The van der Waals surface area contributed by atoms with Crippen LogP contribution in [0.15, 0.2) is 18.2 Å². The topological polar surface area (TPSA) is 38.3 Å². The second-order valence-electron chi connectivity index (χ2n) is 3.76. The monoisotopic (exact) mass is 241 g/mol. The van der Waals surface area contributed by atoms with E-state index in [1.165, 1.54) is 18.2 Å². The Morgan fingerprint density at radius 1 is 1.38 bits per heavy atom. The van der Waals surface area contributed by atoms with Crippen molar-refractivity contribution < 1.29 is 9.53 Å². The first-order valence-electron chi connectivity index (χ1n) is 5.22. The van der Waals surface area contributed by atoms with Gasteiger partial charge in [-0.2, -0.15) is 0 Å². The zero-order valence-corrected chi connectivity index (χ0v) is 10.1. The van der Waals surface area contributed by atoms with Crippen molar-refractivity contribution in [1.82, 2.24) is 5.32 Å². The lowest BCUT2D eigenvalue weighted by atomic mass is 10.0. The minimum absolute atomic E-state index is 0. The zero-order valence-electron chi connectivity index (χ0n) is 9.29. The average molecular weight is 242 g/mol. The molecule has 0 spiro atoms. The molecule has 0 fully saturated rings. The van der Waals surface area contributed by atoms with Crippen LogP contribution in [0.3, 0.4) is 0 Å². The summed E-state index contributed by atoms with van der Waals surface area (Å²) in [4.78, 5) is 11.3. The third kappa shape index (κ3) is 2.74. The fourth-order valence-electron chi connectivity index (χ4n) is 1.91. The quantitative estimate of drug-likeness (QED) is 0.764. The van der Waals surface area contributed by atoms with E-state index in [0.717, 1.165) is 25.9 Å². The molecule has 0 saturated carbocycles. The maximum atomic E-state index is 11.3. The number of carbonyl (C=O) groups is 1. The highest BCUT2D eigenvalue weighted by Gasteiger charge is 2.11. The highest BCUT2D eigenvalue weighted by Crippen LogP contribution is 2.16. The van der Waals surface area contributed by atoms with Gasteiger partial charge >= 0.3 is 5.97 Å². The molecule has 0 bridgehead atoms. The van der Waals surface area contributed by atoms with Crippen LogP contribution in [0.25, 0.3) is 0 Å². The van der Waals surface area contributed by atoms with Gasteiger partial charge in [-0.25, -0.2) is 4.79 Å². The minimum atomic E-state index is -0.262. The fourth-order valence-corrected chi connectivity index (χ4v) is 1.91. The van der Waals surface area contributed by atoms with Crippen molar-refractivity contribution in [3.63, 3.8) is 0 Å². The molecule has 1 N–H and O–H groups in total. The smallest absolute Gasteiger partial charge is 0.337 e. The maximum absolute atomic E-state index is 11.3. The number of carbonyl (C=O) groups excluding carboxylic acids is 1. The molecule has 0 saturated heterocycles. The van der Waals surface area contributed by atoms with Gasteiger partial charge in [-0.1, -0.05) is 6.07 Å². The molecule has 1 aromatic rings. The Hall–Kier alpha value is -1.06. The molecular weight excluding hydrogens is 226 g/mol. The fraction of sp³-hybridized carbons (Fsp3) is 0.417.